The van der Waals surface area contributed by atoms with Crippen molar-refractivity contribution in [2.24, 2.45) is 0 Å². The monoisotopic (exact) mass is 271 g/mol. The molecule has 1 aromatic carbocycles. The van der Waals surface area contributed by atoms with Crippen LogP contribution in [0.2, 0.25) is 0 Å². The normalized spacial score (nSPS) is 25.1. The fraction of sp³-hybridized carbons (Fsp3) is 0.455. The largest absolute Gasteiger partial charge is 0.309 e. The predicted octanol–water partition coefficient (Wildman–Crippen LogP) is 3.59. The average molecular weight is 272 g/mol. The van der Waals surface area contributed by atoms with Crippen molar-refractivity contribution in [2.45, 2.75) is 30.0 Å². The minimum atomic E-state index is 0.512. The van der Waals surface area contributed by atoms with E-state index in [2.05, 4.69) is 53.3 Å². The molecule has 1 heterocycles. The summed E-state index contributed by atoms with van der Waals surface area (Å²) in [6, 6.07) is 6.97. The minimum Gasteiger partial charge on any atom is -0.309 e. The van der Waals surface area contributed by atoms with Gasteiger partial charge < -0.3 is 5.32 Å². The van der Waals surface area contributed by atoms with Crippen LogP contribution in [0.3, 0.4) is 0 Å². The molecule has 1 N–H and O–H groups in total. The molecule has 2 unspecified atom stereocenters. The molecule has 1 aromatic rings. The topological polar surface area (TPSA) is 12.0 Å². The van der Waals surface area contributed by atoms with Gasteiger partial charge in [-0.1, -0.05) is 26.0 Å². The lowest BCUT2D eigenvalue weighted by Crippen LogP contribution is -2.25. The molecule has 0 bridgehead atoms. The molecule has 1 nitrogen and oxygen atoms in total. The highest BCUT2D eigenvalue weighted by Gasteiger charge is 2.30. The molecular weight excluding hydrogens is 258 g/mol. The van der Waals surface area contributed by atoms with E-state index in [0.29, 0.717) is 11.3 Å². The van der Waals surface area contributed by atoms with Gasteiger partial charge in [0.1, 0.15) is 0 Å². The van der Waals surface area contributed by atoms with Crippen molar-refractivity contribution in [2.75, 3.05) is 6.54 Å². The molecule has 0 radical (unpaired) electrons. The first kappa shape index (κ1) is 10.5. The van der Waals surface area contributed by atoms with Crippen LogP contribution in [-0.4, -0.2) is 11.8 Å². The van der Waals surface area contributed by atoms with E-state index in [1.807, 2.05) is 11.8 Å². The molecule has 0 fully saturated rings. The van der Waals surface area contributed by atoms with Gasteiger partial charge in [0.2, 0.25) is 0 Å². The Morgan fingerprint density at radius 2 is 2.29 bits per heavy atom. The van der Waals surface area contributed by atoms with Gasteiger partial charge in [-0.25, -0.2) is 0 Å². The summed E-state index contributed by atoms with van der Waals surface area (Å²) < 4.78 is 1.23. The highest BCUT2D eigenvalue weighted by atomic mass is 79.9. The lowest BCUT2D eigenvalue weighted by atomic mass is 10.1. The summed E-state index contributed by atoms with van der Waals surface area (Å²) in [4.78, 5) is 1.41. The molecule has 0 amide bonds. The summed E-state index contributed by atoms with van der Waals surface area (Å²) in [5.74, 6) is 0. The molecule has 2 atom stereocenters. The van der Waals surface area contributed by atoms with Gasteiger partial charge in [-0.2, -0.15) is 0 Å². The van der Waals surface area contributed by atoms with Gasteiger partial charge in [0.05, 0.1) is 0 Å². The van der Waals surface area contributed by atoms with Crippen molar-refractivity contribution in [1.82, 2.24) is 5.32 Å². The first-order valence-corrected chi connectivity index (χ1v) is 6.59. The lowest BCUT2D eigenvalue weighted by Gasteiger charge is -2.16. The summed E-state index contributed by atoms with van der Waals surface area (Å²) in [5.41, 5.74) is 1.44. The van der Waals surface area contributed by atoms with E-state index in [1.54, 1.807) is 0 Å². The van der Waals surface area contributed by atoms with E-state index in [9.17, 15) is 0 Å². The Hall–Kier alpha value is 0.01000. The number of halogens is 1. The van der Waals surface area contributed by atoms with Crippen LogP contribution in [0.4, 0.5) is 0 Å². The maximum atomic E-state index is 3.60. The van der Waals surface area contributed by atoms with E-state index in [-0.39, 0.29) is 0 Å². The molecule has 1 aliphatic rings. The minimum absolute atomic E-state index is 0.512. The smallest absolute Gasteiger partial charge is 0.0452 e. The molecule has 0 saturated carbocycles. The number of rotatable bonds is 2. The number of benzene rings is 1. The number of thioether (sulfide) groups is 1. The number of nitrogens with one attached hydrogen (secondary N) is 1. The van der Waals surface area contributed by atoms with Gasteiger partial charge in [0, 0.05) is 20.7 Å². The van der Waals surface area contributed by atoms with Crippen molar-refractivity contribution < 1.29 is 0 Å². The number of hydrogen-bond acceptors (Lipinski definition) is 2. The third-order valence-electron chi connectivity index (χ3n) is 2.53. The molecule has 0 spiro atoms. The zero-order chi connectivity index (χ0) is 10.1. The van der Waals surface area contributed by atoms with Crippen LogP contribution in [0.25, 0.3) is 0 Å². The molecular formula is C11H14BrNS. The Balaban J connectivity index is 2.37. The SMILES string of the molecule is CCNC1c2cccc(Br)c2SC1C. The highest BCUT2D eigenvalue weighted by molar-refractivity contribution is 9.10. The van der Waals surface area contributed by atoms with Gasteiger partial charge in [-0.05, 0) is 34.1 Å². The number of hydrogen-bond donors (Lipinski definition) is 1. The Morgan fingerprint density at radius 3 is 3.00 bits per heavy atom. The van der Waals surface area contributed by atoms with E-state index >= 15 is 0 Å². The van der Waals surface area contributed by atoms with Crippen molar-refractivity contribution >= 4 is 27.7 Å². The highest BCUT2D eigenvalue weighted by Crippen LogP contribution is 2.46. The molecule has 2 rings (SSSR count). The molecule has 1 aliphatic heterocycles. The van der Waals surface area contributed by atoms with Crippen LogP contribution in [0.15, 0.2) is 27.6 Å². The molecule has 76 valence electrons. The second-order valence-electron chi connectivity index (χ2n) is 3.52. The summed E-state index contributed by atoms with van der Waals surface area (Å²) in [6.07, 6.45) is 0. The molecule has 14 heavy (non-hydrogen) atoms. The second kappa shape index (κ2) is 4.25. The van der Waals surface area contributed by atoms with E-state index in [1.165, 1.54) is 14.9 Å². The van der Waals surface area contributed by atoms with Crippen LogP contribution in [0, 0.1) is 0 Å². The van der Waals surface area contributed by atoms with Crippen LogP contribution in [-0.2, 0) is 0 Å². The maximum absolute atomic E-state index is 3.60. The standard InChI is InChI=1S/C11H14BrNS/c1-3-13-10-7(2)14-11-8(10)5-4-6-9(11)12/h4-7,10,13H,3H2,1-2H3. The summed E-state index contributed by atoms with van der Waals surface area (Å²) in [6.45, 7) is 5.47. The molecule has 0 saturated heterocycles. The second-order valence-corrected chi connectivity index (χ2v) is 5.76. The lowest BCUT2D eigenvalue weighted by molar-refractivity contribution is 0.553. The zero-order valence-electron chi connectivity index (χ0n) is 8.38. The first-order chi connectivity index (χ1) is 6.74. The summed E-state index contributed by atoms with van der Waals surface area (Å²) in [7, 11) is 0. The fourth-order valence-corrected chi connectivity index (χ4v) is 3.82. The Morgan fingerprint density at radius 1 is 1.50 bits per heavy atom. The first-order valence-electron chi connectivity index (χ1n) is 4.92. The van der Waals surface area contributed by atoms with Gasteiger partial charge in [0.25, 0.3) is 0 Å². The summed E-state index contributed by atoms with van der Waals surface area (Å²) in [5, 5.41) is 4.16. The van der Waals surface area contributed by atoms with Gasteiger partial charge in [0.15, 0.2) is 0 Å². The third kappa shape index (κ3) is 1.73. The van der Waals surface area contributed by atoms with E-state index < -0.39 is 0 Å². The van der Waals surface area contributed by atoms with Crippen molar-refractivity contribution in [3.8, 4) is 0 Å². The number of fused-ring (bicyclic) bond motifs is 1. The van der Waals surface area contributed by atoms with Crippen molar-refractivity contribution in [3.63, 3.8) is 0 Å². The zero-order valence-corrected chi connectivity index (χ0v) is 10.8. The van der Waals surface area contributed by atoms with Crippen molar-refractivity contribution in [3.05, 3.63) is 28.2 Å². The van der Waals surface area contributed by atoms with Crippen LogP contribution < -0.4 is 5.32 Å². The Bertz CT molecular complexity index is 340. The molecule has 3 heteroatoms. The van der Waals surface area contributed by atoms with Crippen LogP contribution in [0.5, 0.6) is 0 Å². The third-order valence-corrected chi connectivity index (χ3v) is 4.79. The van der Waals surface area contributed by atoms with Gasteiger partial charge in [-0.15, -0.1) is 11.8 Å². The summed E-state index contributed by atoms with van der Waals surface area (Å²) >= 11 is 5.56. The van der Waals surface area contributed by atoms with Crippen LogP contribution >= 0.6 is 27.7 Å². The van der Waals surface area contributed by atoms with E-state index in [0.717, 1.165) is 6.54 Å². The van der Waals surface area contributed by atoms with Gasteiger partial charge >= 0.3 is 0 Å². The average Bonchev–Trinajstić information content (AvgIpc) is 2.47. The van der Waals surface area contributed by atoms with Gasteiger partial charge in [-0.3, -0.25) is 0 Å². The Kier molecular flexibility index (Phi) is 3.20. The van der Waals surface area contributed by atoms with Crippen molar-refractivity contribution in [1.29, 1.82) is 0 Å². The van der Waals surface area contributed by atoms with E-state index in [4.69, 9.17) is 0 Å². The Labute approximate surface area is 97.8 Å². The quantitative estimate of drug-likeness (QED) is 0.883. The fourth-order valence-electron chi connectivity index (χ4n) is 1.90. The maximum Gasteiger partial charge on any atom is 0.0452 e. The molecule has 0 aromatic heterocycles. The predicted molar refractivity (Wildman–Crippen MR) is 65.9 cm³/mol. The van der Waals surface area contributed by atoms with Crippen LogP contribution in [0.1, 0.15) is 25.5 Å². The molecule has 0 aliphatic carbocycles.